The quantitative estimate of drug-likeness (QED) is 0.881. The lowest BCUT2D eigenvalue weighted by Crippen LogP contribution is -2.51. The zero-order chi connectivity index (χ0) is 15.4. The van der Waals surface area contributed by atoms with E-state index < -0.39 is 6.10 Å². The van der Waals surface area contributed by atoms with Crippen LogP contribution in [0.2, 0.25) is 5.02 Å². The average Bonchev–Trinajstić information content (AvgIpc) is 2.45. The minimum absolute atomic E-state index is 0. The highest BCUT2D eigenvalue weighted by atomic mass is 35.5. The van der Waals surface area contributed by atoms with Crippen LogP contribution in [0.1, 0.15) is 25.8 Å². The second-order valence-electron chi connectivity index (χ2n) is 5.78. The number of amides is 1. The Morgan fingerprint density at radius 3 is 2.91 bits per heavy atom. The minimum atomic E-state index is -0.564. The molecule has 1 aliphatic heterocycles. The highest BCUT2D eigenvalue weighted by Gasteiger charge is 2.25. The summed E-state index contributed by atoms with van der Waals surface area (Å²) in [5.74, 6) is 0.890. The zero-order valence-electron chi connectivity index (χ0n) is 13.2. The Morgan fingerprint density at radius 2 is 2.23 bits per heavy atom. The van der Waals surface area contributed by atoms with Crippen molar-refractivity contribution < 1.29 is 9.53 Å². The number of piperidine rings is 1. The monoisotopic (exact) mass is 346 g/mol. The first-order valence-corrected chi connectivity index (χ1v) is 7.79. The summed E-state index contributed by atoms with van der Waals surface area (Å²) in [4.78, 5) is 12.3. The Morgan fingerprint density at radius 1 is 1.50 bits per heavy atom. The fourth-order valence-corrected chi connectivity index (χ4v) is 2.64. The fraction of sp³-hybridized carbons (Fsp3) is 0.562. The Bertz CT molecular complexity index is 511. The van der Waals surface area contributed by atoms with Crippen LogP contribution in [-0.2, 0) is 4.79 Å². The van der Waals surface area contributed by atoms with Crippen molar-refractivity contribution in [2.45, 2.75) is 39.3 Å². The van der Waals surface area contributed by atoms with Gasteiger partial charge in [-0.3, -0.25) is 4.79 Å². The third-order valence-corrected chi connectivity index (χ3v) is 4.18. The predicted octanol–water partition coefficient (Wildman–Crippen LogP) is 2.95. The standard InChI is InChI=1S/C16H23ClN2O2.ClH/c1-10-4-5-13(17)15(8-10)21-12(3)16(20)19-14-6-7-18-9-11(14)2;/h4-5,8,11-12,14,18H,6-7,9H2,1-3H3,(H,19,20);1H. The van der Waals surface area contributed by atoms with E-state index in [4.69, 9.17) is 16.3 Å². The first-order chi connectivity index (χ1) is 9.97. The molecule has 0 saturated carbocycles. The average molecular weight is 347 g/mol. The SMILES string of the molecule is Cc1ccc(Cl)c(OC(C)C(=O)NC2CCNCC2C)c1.Cl. The molecular weight excluding hydrogens is 323 g/mol. The number of hydrogen-bond acceptors (Lipinski definition) is 3. The molecule has 0 radical (unpaired) electrons. The molecule has 2 rings (SSSR count). The first kappa shape index (κ1) is 19.1. The van der Waals surface area contributed by atoms with Crippen molar-refractivity contribution in [3.05, 3.63) is 28.8 Å². The molecule has 0 aromatic heterocycles. The maximum atomic E-state index is 12.3. The number of benzene rings is 1. The van der Waals surface area contributed by atoms with Gasteiger partial charge in [0.25, 0.3) is 5.91 Å². The van der Waals surface area contributed by atoms with E-state index in [0.717, 1.165) is 25.1 Å². The van der Waals surface area contributed by atoms with Crippen LogP contribution in [0.25, 0.3) is 0 Å². The topological polar surface area (TPSA) is 50.4 Å². The molecule has 1 fully saturated rings. The van der Waals surface area contributed by atoms with Crippen molar-refractivity contribution in [3.8, 4) is 5.75 Å². The summed E-state index contributed by atoms with van der Waals surface area (Å²) in [5.41, 5.74) is 1.05. The smallest absolute Gasteiger partial charge is 0.261 e. The van der Waals surface area contributed by atoms with Gasteiger partial charge in [0.2, 0.25) is 0 Å². The van der Waals surface area contributed by atoms with Crippen molar-refractivity contribution in [1.82, 2.24) is 10.6 Å². The van der Waals surface area contributed by atoms with E-state index in [0.29, 0.717) is 16.7 Å². The van der Waals surface area contributed by atoms with Crippen molar-refractivity contribution in [3.63, 3.8) is 0 Å². The number of carbonyl (C=O) groups excluding carboxylic acids is 1. The Hall–Kier alpha value is -0.970. The highest BCUT2D eigenvalue weighted by molar-refractivity contribution is 6.32. The second-order valence-corrected chi connectivity index (χ2v) is 6.19. The maximum Gasteiger partial charge on any atom is 0.261 e. The lowest BCUT2D eigenvalue weighted by molar-refractivity contribution is -0.128. The van der Waals surface area contributed by atoms with Crippen molar-refractivity contribution in [2.75, 3.05) is 13.1 Å². The van der Waals surface area contributed by atoms with Crippen LogP contribution in [0.5, 0.6) is 5.75 Å². The summed E-state index contributed by atoms with van der Waals surface area (Å²) >= 11 is 6.10. The van der Waals surface area contributed by atoms with Gasteiger partial charge in [-0.1, -0.05) is 24.6 Å². The van der Waals surface area contributed by atoms with E-state index in [2.05, 4.69) is 17.6 Å². The summed E-state index contributed by atoms with van der Waals surface area (Å²) < 4.78 is 5.70. The first-order valence-electron chi connectivity index (χ1n) is 7.41. The van der Waals surface area contributed by atoms with Crippen molar-refractivity contribution in [2.24, 2.45) is 5.92 Å². The molecule has 2 N–H and O–H groups in total. The largest absolute Gasteiger partial charge is 0.479 e. The van der Waals surface area contributed by atoms with Crippen LogP contribution >= 0.6 is 24.0 Å². The molecule has 1 amide bonds. The fourth-order valence-electron chi connectivity index (χ4n) is 2.47. The number of rotatable bonds is 4. The van der Waals surface area contributed by atoms with E-state index >= 15 is 0 Å². The maximum absolute atomic E-state index is 12.3. The second kappa shape index (κ2) is 8.61. The molecule has 124 valence electrons. The minimum Gasteiger partial charge on any atom is -0.479 e. The molecule has 0 bridgehead atoms. The third kappa shape index (κ3) is 5.04. The summed E-state index contributed by atoms with van der Waals surface area (Å²) in [6.45, 7) is 7.72. The van der Waals surface area contributed by atoms with Gasteiger partial charge >= 0.3 is 0 Å². The van der Waals surface area contributed by atoms with Crippen LogP contribution in [0, 0.1) is 12.8 Å². The molecule has 1 saturated heterocycles. The number of aryl methyl sites for hydroxylation is 1. The Balaban J connectivity index is 0.00000242. The molecule has 0 spiro atoms. The summed E-state index contributed by atoms with van der Waals surface area (Å²) in [6, 6.07) is 5.75. The van der Waals surface area contributed by atoms with Crippen LogP contribution < -0.4 is 15.4 Å². The highest BCUT2D eigenvalue weighted by Crippen LogP contribution is 2.26. The van der Waals surface area contributed by atoms with Gasteiger partial charge in [0.05, 0.1) is 5.02 Å². The van der Waals surface area contributed by atoms with Gasteiger partial charge in [-0.2, -0.15) is 0 Å². The van der Waals surface area contributed by atoms with Crippen LogP contribution in [-0.4, -0.2) is 31.1 Å². The number of hydrogen-bond donors (Lipinski definition) is 2. The molecular formula is C16H24Cl2N2O2. The number of carbonyl (C=O) groups is 1. The van der Waals surface area contributed by atoms with Gasteiger partial charge in [-0.05, 0) is 57.0 Å². The van der Waals surface area contributed by atoms with Gasteiger partial charge in [0, 0.05) is 6.04 Å². The third-order valence-electron chi connectivity index (χ3n) is 3.87. The van der Waals surface area contributed by atoms with E-state index in [9.17, 15) is 4.79 Å². The summed E-state index contributed by atoms with van der Waals surface area (Å²) in [5, 5.41) is 6.92. The molecule has 3 unspecified atom stereocenters. The molecule has 22 heavy (non-hydrogen) atoms. The molecule has 6 heteroatoms. The van der Waals surface area contributed by atoms with E-state index in [-0.39, 0.29) is 24.4 Å². The van der Waals surface area contributed by atoms with E-state index in [1.54, 1.807) is 13.0 Å². The van der Waals surface area contributed by atoms with Crippen LogP contribution in [0.3, 0.4) is 0 Å². The van der Waals surface area contributed by atoms with Gasteiger partial charge in [-0.25, -0.2) is 0 Å². The predicted molar refractivity (Wildman–Crippen MR) is 92.1 cm³/mol. The summed E-state index contributed by atoms with van der Waals surface area (Å²) in [6.07, 6.45) is 0.386. The molecule has 4 nitrogen and oxygen atoms in total. The van der Waals surface area contributed by atoms with Crippen molar-refractivity contribution >= 4 is 29.9 Å². The van der Waals surface area contributed by atoms with Gasteiger partial charge in [0.1, 0.15) is 5.75 Å². The lowest BCUT2D eigenvalue weighted by Gasteiger charge is -2.31. The number of halogens is 2. The summed E-state index contributed by atoms with van der Waals surface area (Å²) in [7, 11) is 0. The number of ether oxygens (including phenoxy) is 1. The molecule has 0 aliphatic carbocycles. The van der Waals surface area contributed by atoms with E-state index in [1.165, 1.54) is 0 Å². The molecule has 1 aliphatic rings. The van der Waals surface area contributed by atoms with Crippen LogP contribution in [0.4, 0.5) is 0 Å². The van der Waals surface area contributed by atoms with Crippen LogP contribution in [0.15, 0.2) is 18.2 Å². The molecule has 1 aromatic carbocycles. The Kier molecular flexibility index (Phi) is 7.46. The Labute approximate surface area is 143 Å². The molecule has 1 heterocycles. The lowest BCUT2D eigenvalue weighted by atomic mass is 9.95. The van der Waals surface area contributed by atoms with Crippen molar-refractivity contribution in [1.29, 1.82) is 0 Å². The molecule has 3 atom stereocenters. The van der Waals surface area contributed by atoms with E-state index in [1.807, 2.05) is 19.1 Å². The van der Waals surface area contributed by atoms with Gasteiger partial charge < -0.3 is 15.4 Å². The number of nitrogens with one attached hydrogen (secondary N) is 2. The zero-order valence-corrected chi connectivity index (χ0v) is 14.8. The molecule has 1 aromatic rings. The van der Waals surface area contributed by atoms with Gasteiger partial charge in [0.15, 0.2) is 6.10 Å². The van der Waals surface area contributed by atoms with Gasteiger partial charge in [-0.15, -0.1) is 12.4 Å². The normalized spacial score (nSPS) is 22.4.